The number of nitrogens with zero attached hydrogens (tertiary/aromatic N) is 2. The predicted octanol–water partition coefficient (Wildman–Crippen LogP) is 3.12. The lowest BCUT2D eigenvalue weighted by molar-refractivity contribution is -0.121. The van der Waals surface area contributed by atoms with Crippen molar-refractivity contribution in [3.63, 3.8) is 0 Å². The third kappa shape index (κ3) is 4.92. The molecule has 8 heteroatoms. The number of nitrogens with one attached hydrogen (secondary N) is 1. The molecule has 3 rings (SSSR count). The smallest absolute Gasteiger partial charge is 0.245 e. The van der Waals surface area contributed by atoms with Crippen LogP contribution in [0.25, 0.3) is 0 Å². The summed E-state index contributed by atoms with van der Waals surface area (Å²) in [5, 5.41) is 0. The van der Waals surface area contributed by atoms with E-state index in [1.54, 1.807) is 49.1 Å². The van der Waals surface area contributed by atoms with Crippen LogP contribution in [0.1, 0.15) is 26.3 Å². The molecule has 0 fully saturated rings. The largest absolute Gasteiger partial charge is 0.312 e. The first-order valence-corrected chi connectivity index (χ1v) is 12.0. The average molecular weight is 456 g/mol. The topological polar surface area (TPSA) is 86.8 Å². The lowest BCUT2D eigenvalue weighted by atomic mass is 10.0. The number of carbonyl (C=O) groups is 2. The van der Waals surface area contributed by atoms with Gasteiger partial charge in [-0.1, -0.05) is 38.1 Å². The van der Waals surface area contributed by atoms with E-state index in [0.717, 1.165) is 11.3 Å². The molecule has 0 radical (unpaired) electrons. The van der Waals surface area contributed by atoms with E-state index in [1.165, 1.54) is 17.9 Å². The van der Waals surface area contributed by atoms with Crippen molar-refractivity contribution in [2.24, 2.45) is 5.92 Å². The fourth-order valence-corrected chi connectivity index (χ4v) is 5.19. The van der Waals surface area contributed by atoms with E-state index in [2.05, 4.69) is 11.3 Å². The van der Waals surface area contributed by atoms with Crippen molar-refractivity contribution in [3.05, 3.63) is 66.7 Å². The molecule has 1 aliphatic rings. The van der Waals surface area contributed by atoms with Crippen LogP contribution in [0, 0.1) is 5.92 Å². The average Bonchev–Trinajstić information content (AvgIpc) is 3.19. The van der Waals surface area contributed by atoms with Gasteiger partial charge in [0, 0.05) is 31.4 Å². The van der Waals surface area contributed by atoms with E-state index in [9.17, 15) is 18.0 Å². The van der Waals surface area contributed by atoms with Crippen molar-refractivity contribution >= 4 is 33.2 Å². The molecule has 7 nitrogen and oxygen atoms in total. The van der Waals surface area contributed by atoms with Crippen molar-refractivity contribution in [1.29, 1.82) is 0 Å². The molecular weight excluding hydrogens is 426 g/mol. The van der Waals surface area contributed by atoms with Gasteiger partial charge < -0.3 is 9.80 Å². The van der Waals surface area contributed by atoms with Gasteiger partial charge in [-0.2, -0.15) is 4.72 Å². The number of hydrogen-bond acceptors (Lipinski definition) is 4. The molecule has 2 aromatic carbocycles. The Morgan fingerprint density at radius 2 is 1.88 bits per heavy atom. The normalized spacial score (nSPS) is 14.2. The monoisotopic (exact) mass is 455 g/mol. The summed E-state index contributed by atoms with van der Waals surface area (Å²) in [7, 11) is -3.97. The lowest BCUT2D eigenvalue weighted by Gasteiger charge is -2.29. The number of benzene rings is 2. The number of hydrogen-bond donors (Lipinski definition) is 1. The highest BCUT2D eigenvalue weighted by molar-refractivity contribution is 7.89. The maximum absolute atomic E-state index is 13.4. The van der Waals surface area contributed by atoms with Crippen LogP contribution in [0.2, 0.25) is 0 Å². The van der Waals surface area contributed by atoms with Gasteiger partial charge in [-0.3, -0.25) is 9.59 Å². The first-order chi connectivity index (χ1) is 15.2. The first kappa shape index (κ1) is 23.7. The molecule has 1 aliphatic heterocycles. The van der Waals surface area contributed by atoms with Gasteiger partial charge in [0.05, 0.1) is 4.90 Å². The van der Waals surface area contributed by atoms with Crippen LogP contribution >= 0.6 is 0 Å². The van der Waals surface area contributed by atoms with Crippen molar-refractivity contribution in [3.8, 4) is 0 Å². The van der Waals surface area contributed by atoms with Crippen molar-refractivity contribution in [2.75, 3.05) is 22.9 Å². The molecule has 0 saturated heterocycles. The van der Waals surface area contributed by atoms with Crippen molar-refractivity contribution < 1.29 is 18.0 Å². The summed E-state index contributed by atoms with van der Waals surface area (Å²) >= 11 is 0. The van der Waals surface area contributed by atoms with Gasteiger partial charge in [-0.05, 0) is 48.2 Å². The van der Waals surface area contributed by atoms with Gasteiger partial charge in [0.2, 0.25) is 21.8 Å². The van der Waals surface area contributed by atoms with Crippen LogP contribution in [-0.4, -0.2) is 39.4 Å². The second-order valence-electron chi connectivity index (χ2n) is 8.13. The molecule has 1 unspecified atom stereocenters. The minimum absolute atomic E-state index is 0.0776. The number of rotatable bonds is 8. The highest BCUT2D eigenvalue weighted by atomic mass is 32.2. The molecule has 0 aliphatic carbocycles. The number of fused-ring (bicyclic) bond motifs is 1. The maximum Gasteiger partial charge on any atom is 0.245 e. The van der Waals surface area contributed by atoms with Gasteiger partial charge in [0.15, 0.2) is 0 Å². The summed E-state index contributed by atoms with van der Waals surface area (Å²) in [5.41, 5.74) is 2.20. The summed E-state index contributed by atoms with van der Waals surface area (Å²) in [5.74, 6) is -0.708. The Balaban J connectivity index is 1.89. The van der Waals surface area contributed by atoms with Crippen molar-refractivity contribution in [2.45, 2.75) is 38.1 Å². The van der Waals surface area contributed by atoms with Gasteiger partial charge in [0.25, 0.3) is 0 Å². The summed E-state index contributed by atoms with van der Waals surface area (Å²) < 4.78 is 29.0. The van der Waals surface area contributed by atoms with E-state index in [-0.39, 0.29) is 29.2 Å². The van der Waals surface area contributed by atoms with Crippen LogP contribution in [-0.2, 0) is 26.0 Å². The fraction of sp³-hybridized carbons (Fsp3) is 0.333. The molecule has 1 atom stereocenters. The molecular formula is C24H29N3O4S. The minimum atomic E-state index is -3.97. The van der Waals surface area contributed by atoms with Crippen LogP contribution in [0.3, 0.4) is 0 Å². The first-order valence-electron chi connectivity index (χ1n) is 10.6. The quantitative estimate of drug-likeness (QED) is 0.620. The van der Waals surface area contributed by atoms with Crippen LogP contribution in [0.5, 0.6) is 0 Å². The molecule has 1 N–H and O–H groups in total. The van der Waals surface area contributed by atoms with Gasteiger partial charge in [-0.15, -0.1) is 6.58 Å². The van der Waals surface area contributed by atoms with Gasteiger partial charge in [0.1, 0.15) is 6.04 Å². The Labute approximate surface area is 189 Å². The second kappa shape index (κ2) is 9.67. The Bertz CT molecular complexity index is 1110. The predicted molar refractivity (Wildman–Crippen MR) is 126 cm³/mol. The fourth-order valence-electron chi connectivity index (χ4n) is 3.81. The van der Waals surface area contributed by atoms with Crippen molar-refractivity contribution in [1.82, 2.24) is 4.72 Å². The van der Waals surface area contributed by atoms with Crippen LogP contribution in [0.15, 0.2) is 66.1 Å². The zero-order valence-electron chi connectivity index (χ0n) is 18.6. The van der Waals surface area contributed by atoms with E-state index in [0.29, 0.717) is 18.7 Å². The summed E-state index contributed by atoms with van der Waals surface area (Å²) in [4.78, 5) is 28.4. The molecule has 1 heterocycles. The molecule has 0 saturated carbocycles. The second-order valence-corrected chi connectivity index (χ2v) is 9.84. The Hall–Kier alpha value is -2.97. The number of sulfonamides is 1. The zero-order chi connectivity index (χ0) is 23.5. The lowest BCUT2D eigenvalue weighted by Crippen LogP contribution is -2.51. The van der Waals surface area contributed by atoms with E-state index in [4.69, 9.17) is 0 Å². The highest BCUT2D eigenvalue weighted by Crippen LogP contribution is 2.30. The molecule has 2 amide bonds. The molecule has 170 valence electrons. The summed E-state index contributed by atoms with van der Waals surface area (Å²) in [6.07, 6.45) is 2.20. The Morgan fingerprint density at radius 1 is 1.19 bits per heavy atom. The van der Waals surface area contributed by atoms with E-state index >= 15 is 0 Å². The maximum atomic E-state index is 13.4. The molecule has 0 aromatic heterocycles. The number of anilines is 2. The van der Waals surface area contributed by atoms with Gasteiger partial charge >= 0.3 is 0 Å². The number of para-hydroxylation sites is 1. The summed E-state index contributed by atoms with van der Waals surface area (Å²) in [6, 6.07) is 12.8. The van der Waals surface area contributed by atoms with E-state index in [1.807, 2.05) is 18.2 Å². The molecule has 32 heavy (non-hydrogen) atoms. The number of amides is 2. The molecule has 0 spiro atoms. The highest BCUT2D eigenvalue weighted by Gasteiger charge is 2.33. The standard InChI is InChI=1S/C24H29N3O4S/c1-5-14-27(20-9-7-6-8-10-20)24(29)23(17(2)3)25-32(30,31)21-11-12-22-19(16-21)13-15-26(22)18(4)28/h5-12,16-17,23,25H,1,13-15H2,2-4H3. The van der Waals surface area contributed by atoms with Crippen LogP contribution < -0.4 is 14.5 Å². The third-order valence-corrected chi connectivity index (χ3v) is 6.94. The molecule has 0 bridgehead atoms. The third-order valence-electron chi connectivity index (χ3n) is 5.50. The van der Waals surface area contributed by atoms with Crippen LogP contribution in [0.4, 0.5) is 11.4 Å². The van der Waals surface area contributed by atoms with Gasteiger partial charge in [-0.25, -0.2) is 8.42 Å². The minimum Gasteiger partial charge on any atom is -0.312 e. The Kier molecular flexibility index (Phi) is 7.16. The summed E-state index contributed by atoms with van der Waals surface area (Å²) in [6.45, 7) is 9.60. The Morgan fingerprint density at radius 3 is 2.47 bits per heavy atom. The SMILES string of the molecule is C=CCN(C(=O)C(NS(=O)(=O)c1ccc2c(c1)CCN2C(C)=O)C(C)C)c1ccccc1. The number of carbonyl (C=O) groups excluding carboxylic acids is 2. The van der Waals surface area contributed by atoms with E-state index < -0.39 is 16.1 Å². The zero-order valence-corrected chi connectivity index (χ0v) is 19.4. The molecule has 2 aromatic rings.